The molecular formula is C19H18ClN3O2. The van der Waals surface area contributed by atoms with Gasteiger partial charge in [-0.05, 0) is 49.6 Å². The van der Waals surface area contributed by atoms with E-state index in [4.69, 9.17) is 11.6 Å². The Bertz CT molecular complexity index is 839. The molecule has 0 spiro atoms. The summed E-state index contributed by atoms with van der Waals surface area (Å²) in [6.07, 6.45) is 2.50. The molecular weight excluding hydrogens is 338 g/mol. The lowest BCUT2D eigenvalue weighted by molar-refractivity contribution is 0.0595. The van der Waals surface area contributed by atoms with Crippen molar-refractivity contribution >= 4 is 34.9 Å². The van der Waals surface area contributed by atoms with Crippen LogP contribution in [0.2, 0.25) is 5.02 Å². The number of fused-ring (bicyclic) bond motifs is 2. The van der Waals surface area contributed by atoms with Crippen LogP contribution in [0.3, 0.4) is 0 Å². The summed E-state index contributed by atoms with van der Waals surface area (Å²) < 4.78 is 0. The van der Waals surface area contributed by atoms with Crippen molar-refractivity contribution in [2.45, 2.75) is 25.4 Å². The predicted octanol–water partition coefficient (Wildman–Crippen LogP) is 4.34. The van der Waals surface area contributed by atoms with E-state index in [0.717, 1.165) is 19.3 Å². The topological polar surface area (TPSA) is 52.7 Å². The fraction of sp³-hybridized carbons (Fsp3) is 0.263. The highest BCUT2D eigenvalue weighted by molar-refractivity contribution is 6.31. The summed E-state index contributed by atoms with van der Waals surface area (Å²) in [5.74, 6) is 0.00658. The summed E-state index contributed by atoms with van der Waals surface area (Å²) in [4.78, 5) is 29.3. The Kier molecular flexibility index (Phi) is 4.09. The zero-order chi connectivity index (χ0) is 17.4. The SMILES string of the molecule is O=C1c2ccccc2N(C(=O)Nc2cccc(Cl)c2)C2CCCCN12. The first-order chi connectivity index (χ1) is 12.1. The monoisotopic (exact) mass is 355 g/mol. The fourth-order valence-corrected chi connectivity index (χ4v) is 3.78. The molecule has 128 valence electrons. The number of hydrogen-bond acceptors (Lipinski definition) is 2. The predicted molar refractivity (Wildman–Crippen MR) is 98.1 cm³/mol. The standard InChI is InChI=1S/C19H18ClN3O2/c20-13-6-5-7-14(12-13)21-19(25)23-16-9-2-1-8-15(16)18(24)22-11-4-3-10-17(22)23/h1-2,5-9,12,17H,3-4,10-11H2,(H,21,25). The van der Waals surface area contributed by atoms with Crippen LogP contribution in [0.15, 0.2) is 48.5 Å². The van der Waals surface area contributed by atoms with Gasteiger partial charge < -0.3 is 10.2 Å². The number of carbonyl (C=O) groups is 2. The van der Waals surface area contributed by atoms with E-state index in [1.807, 2.05) is 23.1 Å². The Balaban J connectivity index is 1.71. The number of piperidine rings is 1. The Morgan fingerprint density at radius 1 is 1.12 bits per heavy atom. The number of carbonyl (C=O) groups excluding carboxylic acids is 2. The lowest BCUT2D eigenvalue weighted by Gasteiger charge is -2.46. The molecule has 0 aliphatic carbocycles. The van der Waals surface area contributed by atoms with Crippen LogP contribution >= 0.6 is 11.6 Å². The van der Waals surface area contributed by atoms with Crippen molar-refractivity contribution in [2.24, 2.45) is 0 Å². The highest BCUT2D eigenvalue weighted by Crippen LogP contribution is 2.35. The highest BCUT2D eigenvalue weighted by atomic mass is 35.5. The van der Waals surface area contributed by atoms with Crippen LogP contribution < -0.4 is 10.2 Å². The zero-order valence-electron chi connectivity index (χ0n) is 13.6. The molecule has 25 heavy (non-hydrogen) atoms. The number of para-hydroxylation sites is 1. The van der Waals surface area contributed by atoms with Gasteiger partial charge in [0.25, 0.3) is 5.91 Å². The van der Waals surface area contributed by atoms with Crippen molar-refractivity contribution in [3.8, 4) is 0 Å². The molecule has 5 nitrogen and oxygen atoms in total. The van der Waals surface area contributed by atoms with Crippen molar-refractivity contribution < 1.29 is 9.59 Å². The molecule has 1 N–H and O–H groups in total. The van der Waals surface area contributed by atoms with Crippen molar-refractivity contribution in [1.82, 2.24) is 4.90 Å². The molecule has 3 amide bonds. The summed E-state index contributed by atoms with van der Waals surface area (Å²) in [6.45, 7) is 0.679. The molecule has 0 aromatic heterocycles. The molecule has 1 atom stereocenters. The smallest absolute Gasteiger partial charge is 0.318 e. The third kappa shape index (κ3) is 2.85. The van der Waals surface area contributed by atoms with Crippen LogP contribution in [0.25, 0.3) is 0 Å². The third-order valence-corrected chi connectivity index (χ3v) is 4.95. The fourth-order valence-electron chi connectivity index (χ4n) is 3.59. The average molecular weight is 356 g/mol. The number of urea groups is 1. The molecule has 0 saturated carbocycles. The zero-order valence-corrected chi connectivity index (χ0v) is 14.4. The maximum atomic E-state index is 13.0. The van der Waals surface area contributed by atoms with Crippen LogP contribution in [0.1, 0.15) is 29.6 Å². The minimum atomic E-state index is -0.251. The molecule has 1 unspecified atom stereocenters. The van der Waals surface area contributed by atoms with Crippen LogP contribution in [-0.4, -0.2) is 29.5 Å². The van der Waals surface area contributed by atoms with Crippen LogP contribution in [0.5, 0.6) is 0 Å². The van der Waals surface area contributed by atoms with Crippen molar-refractivity contribution in [2.75, 3.05) is 16.8 Å². The van der Waals surface area contributed by atoms with Crippen LogP contribution in [-0.2, 0) is 0 Å². The molecule has 1 fully saturated rings. The molecule has 2 aromatic rings. The third-order valence-electron chi connectivity index (χ3n) is 4.72. The largest absolute Gasteiger partial charge is 0.328 e. The number of rotatable bonds is 1. The Hall–Kier alpha value is -2.53. The summed E-state index contributed by atoms with van der Waals surface area (Å²) in [6, 6.07) is 14.1. The van der Waals surface area contributed by atoms with Gasteiger partial charge in [-0.25, -0.2) is 4.79 Å². The van der Waals surface area contributed by atoms with E-state index in [1.165, 1.54) is 0 Å². The van der Waals surface area contributed by atoms with Gasteiger partial charge in [0.1, 0.15) is 6.17 Å². The van der Waals surface area contributed by atoms with Gasteiger partial charge in [0.05, 0.1) is 11.3 Å². The molecule has 2 aromatic carbocycles. The molecule has 4 rings (SSSR count). The Morgan fingerprint density at radius 3 is 2.80 bits per heavy atom. The first-order valence-corrected chi connectivity index (χ1v) is 8.79. The Labute approximate surface area is 151 Å². The summed E-state index contributed by atoms with van der Waals surface area (Å²) in [7, 11) is 0. The normalized spacial score (nSPS) is 19.2. The van der Waals surface area contributed by atoms with Gasteiger partial charge in [-0.2, -0.15) is 0 Å². The van der Waals surface area contributed by atoms with E-state index >= 15 is 0 Å². The highest BCUT2D eigenvalue weighted by Gasteiger charge is 2.41. The van der Waals surface area contributed by atoms with Crippen molar-refractivity contribution in [3.05, 3.63) is 59.1 Å². The number of hydrogen-bond donors (Lipinski definition) is 1. The van der Waals surface area contributed by atoms with Crippen LogP contribution in [0, 0.1) is 0 Å². The second-order valence-electron chi connectivity index (χ2n) is 6.30. The first kappa shape index (κ1) is 16.0. The van der Waals surface area contributed by atoms with Gasteiger partial charge in [0.15, 0.2) is 0 Å². The first-order valence-electron chi connectivity index (χ1n) is 8.41. The molecule has 2 aliphatic rings. The lowest BCUT2D eigenvalue weighted by Crippen LogP contribution is -2.59. The molecule has 2 heterocycles. The van der Waals surface area contributed by atoms with Gasteiger partial charge in [0, 0.05) is 17.3 Å². The number of benzene rings is 2. The van der Waals surface area contributed by atoms with Gasteiger partial charge in [-0.15, -0.1) is 0 Å². The van der Waals surface area contributed by atoms with Gasteiger partial charge in [-0.1, -0.05) is 29.8 Å². The minimum absolute atomic E-state index is 0.00658. The maximum absolute atomic E-state index is 13.0. The molecule has 0 radical (unpaired) electrons. The van der Waals surface area contributed by atoms with E-state index < -0.39 is 0 Å². The number of anilines is 2. The molecule has 2 aliphatic heterocycles. The van der Waals surface area contributed by atoms with E-state index in [0.29, 0.717) is 28.5 Å². The number of amides is 3. The van der Waals surface area contributed by atoms with E-state index in [9.17, 15) is 9.59 Å². The number of nitrogens with zero attached hydrogens (tertiary/aromatic N) is 2. The average Bonchev–Trinajstić information content (AvgIpc) is 2.62. The van der Waals surface area contributed by atoms with Gasteiger partial charge >= 0.3 is 6.03 Å². The van der Waals surface area contributed by atoms with Gasteiger partial charge in [-0.3, -0.25) is 9.69 Å². The summed E-state index contributed by atoms with van der Waals surface area (Å²) >= 11 is 6.01. The minimum Gasteiger partial charge on any atom is -0.318 e. The quantitative estimate of drug-likeness (QED) is 0.827. The van der Waals surface area contributed by atoms with Crippen LogP contribution in [0.4, 0.5) is 16.2 Å². The second kappa shape index (κ2) is 6.41. The molecule has 0 bridgehead atoms. The van der Waals surface area contributed by atoms with Crippen molar-refractivity contribution in [1.29, 1.82) is 0 Å². The lowest BCUT2D eigenvalue weighted by atomic mass is 9.99. The van der Waals surface area contributed by atoms with E-state index in [1.54, 1.807) is 35.2 Å². The number of nitrogens with one attached hydrogen (secondary N) is 1. The molecule has 6 heteroatoms. The van der Waals surface area contributed by atoms with E-state index in [-0.39, 0.29) is 18.1 Å². The molecule has 1 saturated heterocycles. The van der Waals surface area contributed by atoms with E-state index in [2.05, 4.69) is 5.32 Å². The Morgan fingerprint density at radius 2 is 1.96 bits per heavy atom. The van der Waals surface area contributed by atoms with Gasteiger partial charge in [0.2, 0.25) is 0 Å². The van der Waals surface area contributed by atoms with Crippen molar-refractivity contribution in [3.63, 3.8) is 0 Å². The second-order valence-corrected chi connectivity index (χ2v) is 6.74. The summed E-state index contributed by atoms with van der Waals surface area (Å²) in [5, 5.41) is 3.47. The maximum Gasteiger partial charge on any atom is 0.328 e. The number of halogens is 1. The summed E-state index contributed by atoms with van der Waals surface area (Å²) in [5.41, 5.74) is 1.87.